The van der Waals surface area contributed by atoms with Gasteiger partial charge in [0.1, 0.15) is 12.4 Å². The number of anilines is 1. The van der Waals surface area contributed by atoms with E-state index in [2.05, 4.69) is 5.32 Å². The molecule has 0 spiro atoms. The lowest BCUT2D eigenvalue weighted by molar-refractivity contribution is -0.111. The molecule has 0 atom stereocenters. The van der Waals surface area contributed by atoms with E-state index >= 15 is 0 Å². The van der Waals surface area contributed by atoms with E-state index < -0.39 is 0 Å². The van der Waals surface area contributed by atoms with Gasteiger partial charge in [-0.15, -0.1) is 11.3 Å². The summed E-state index contributed by atoms with van der Waals surface area (Å²) in [6.07, 6.45) is 3.23. The van der Waals surface area contributed by atoms with E-state index in [1.807, 2.05) is 17.5 Å². The fourth-order valence-electron chi connectivity index (χ4n) is 2.23. The minimum atomic E-state index is -0.242. The second kappa shape index (κ2) is 6.66. The van der Waals surface area contributed by atoms with Crippen molar-refractivity contribution in [1.82, 2.24) is 4.90 Å². The van der Waals surface area contributed by atoms with E-state index in [-0.39, 0.29) is 11.8 Å². The number of benzene rings is 1. The van der Waals surface area contributed by atoms with Gasteiger partial charge in [0.2, 0.25) is 5.91 Å². The van der Waals surface area contributed by atoms with Gasteiger partial charge in [0.15, 0.2) is 0 Å². The molecule has 1 aliphatic heterocycles. The average molecular weight is 328 g/mol. The number of hydrogen-bond acceptors (Lipinski definition) is 4. The maximum Gasteiger partial charge on any atom is 0.257 e. The van der Waals surface area contributed by atoms with Crippen molar-refractivity contribution in [2.45, 2.75) is 0 Å². The van der Waals surface area contributed by atoms with E-state index in [1.165, 1.54) is 6.08 Å². The van der Waals surface area contributed by atoms with E-state index in [0.29, 0.717) is 30.2 Å². The smallest absolute Gasteiger partial charge is 0.257 e. The minimum absolute atomic E-state index is 0.109. The van der Waals surface area contributed by atoms with Crippen molar-refractivity contribution < 1.29 is 14.3 Å². The lowest BCUT2D eigenvalue weighted by Gasteiger charge is -2.13. The number of likely N-dealkylation sites (N-methyl/N-ethyl adjacent to an activating group) is 1. The van der Waals surface area contributed by atoms with Gasteiger partial charge in [-0.2, -0.15) is 0 Å². The van der Waals surface area contributed by atoms with Crippen molar-refractivity contribution >= 4 is 34.9 Å². The van der Waals surface area contributed by atoms with Crippen LogP contribution < -0.4 is 10.1 Å². The highest BCUT2D eigenvalue weighted by Gasteiger charge is 2.21. The molecule has 0 saturated heterocycles. The van der Waals surface area contributed by atoms with Gasteiger partial charge in [0.25, 0.3) is 5.91 Å². The number of hydrogen-bond donors (Lipinski definition) is 1. The van der Waals surface area contributed by atoms with Crippen LogP contribution in [0.15, 0.2) is 41.8 Å². The molecule has 5 nitrogen and oxygen atoms in total. The van der Waals surface area contributed by atoms with Gasteiger partial charge in [-0.25, -0.2) is 0 Å². The summed E-state index contributed by atoms with van der Waals surface area (Å²) in [6, 6.07) is 8.95. The first kappa shape index (κ1) is 15.3. The van der Waals surface area contributed by atoms with Gasteiger partial charge < -0.3 is 15.0 Å². The highest BCUT2D eigenvalue weighted by molar-refractivity contribution is 7.10. The highest BCUT2D eigenvalue weighted by atomic mass is 32.1. The Bertz CT molecular complexity index is 753. The maximum absolute atomic E-state index is 12.3. The zero-order chi connectivity index (χ0) is 16.2. The second-order valence-corrected chi connectivity index (χ2v) is 6.10. The maximum atomic E-state index is 12.3. The molecule has 0 fully saturated rings. The molecule has 23 heavy (non-hydrogen) atoms. The van der Waals surface area contributed by atoms with Crippen molar-refractivity contribution in [2.75, 3.05) is 25.5 Å². The number of carbonyl (C=O) groups excluding carboxylic acids is 2. The van der Waals surface area contributed by atoms with Crippen LogP contribution in [0.2, 0.25) is 0 Å². The Kier molecular flexibility index (Phi) is 4.43. The summed E-state index contributed by atoms with van der Waals surface area (Å²) in [5.41, 5.74) is 1.03. The van der Waals surface area contributed by atoms with Crippen LogP contribution in [0.3, 0.4) is 0 Å². The predicted molar refractivity (Wildman–Crippen MR) is 90.9 cm³/mol. The van der Waals surface area contributed by atoms with Crippen molar-refractivity contribution in [3.05, 3.63) is 52.2 Å². The highest BCUT2D eigenvalue weighted by Crippen LogP contribution is 2.26. The number of amides is 2. The standard InChI is InChI=1S/C17H16N2O3S/c1-19-8-9-22-15-6-4-12(11-14(15)17(19)21)18-16(20)7-5-13-3-2-10-23-13/h2-7,10-11H,8-9H2,1H3,(H,18,20)/b7-5+. The summed E-state index contributed by atoms with van der Waals surface area (Å²) in [5.74, 6) is 0.197. The fraction of sp³-hybridized carbons (Fsp3) is 0.176. The lowest BCUT2D eigenvalue weighted by atomic mass is 10.1. The summed E-state index contributed by atoms with van der Waals surface area (Å²) in [4.78, 5) is 26.9. The first-order valence-electron chi connectivity index (χ1n) is 7.18. The van der Waals surface area contributed by atoms with Crippen LogP contribution in [0.25, 0.3) is 6.08 Å². The number of rotatable bonds is 3. The SMILES string of the molecule is CN1CCOc2ccc(NC(=O)/C=C/c3cccs3)cc2C1=O. The largest absolute Gasteiger partial charge is 0.491 e. The van der Waals surface area contributed by atoms with Gasteiger partial charge in [-0.05, 0) is 35.7 Å². The molecule has 0 unspecified atom stereocenters. The Labute approximate surface area is 138 Å². The van der Waals surface area contributed by atoms with Crippen LogP contribution in [0.1, 0.15) is 15.2 Å². The minimum Gasteiger partial charge on any atom is -0.491 e. The zero-order valence-electron chi connectivity index (χ0n) is 12.6. The predicted octanol–water partition coefficient (Wildman–Crippen LogP) is 2.86. The normalized spacial score (nSPS) is 14.3. The third kappa shape index (κ3) is 3.60. The Hall–Kier alpha value is -2.60. The van der Waals surface area contributed by atoms with Crippen LogP contribution in [0.4, 0.5) is 5.69 Å². The average Bonchev–Trinajstić information content (AvgIpc) is 3.02. The molecule has 2 aromatic rings. The second-order valence-electron chi connectivity index (χ2n) is 5.12. The van der Waals surface area contributed by atoms with Crippen molar-refractivity contribution in [1.29, 1.82) is 0 Å². The van der Waals surface area contributed by atoms with Crippen LogP contribution >= 0.6 is 11.3 Å². The zero-order valence-corrected chi connectivity index (χ0v) is 13.4. The molecule has 118 valence electrons. The van der Waals surface area contributed by atoms with Crippen LogP contribution in [0, 0.1) is 0 Å². The number of nitrogens with one attached hydrogen (secondary N) is 1. The Morgan fingerprint density at radius 1 is 1.39 bits per heavy atom. The Morgan fingerprint density at radius 3 is 3.04 bits per heavy atom. The third-order valence-electron chi connectivity index (χ3n) is 3.45. The van der Waals surface area contributed by atoms with Crippen molar-refractivity contribution in [2.24, 2.45) is 0 Å². The number of ether oxygens (including phenoxy) is 1. The summed E-state index contributed by atoms with van der Waals surface area (Å²) in [7, 11) is 1.73. The first-order valence-corrected chi connectivity index (χ1v) is 8.06. The van der Waals surface area contributed by atoms with Crippen LogP contribution in [0.5, 0.6) is 5.75 Å². The molecule has 1 N–H and O–H groups in total. The number of thiophene rings is 1. The Morgan fingerprint density at radius 2 is 2.26 bits per heavy atom. The van der Waals surface area contributed by atoms with Gasteiger partial charge in [0.05, 0.1) is 12.1 Å². The summed E-state index contributed by atoms with van der Waals surface area (Å²) < 4.78 is 5.56. The summed E-state index contributed by atoms with van der Waals surface area (Å²) in [6.45, 7) is 1.00. The molecule has 3 rings (SSSR count). The molecule has 0 radical (unpaired) electrons. The molecule has 0 aliphatic carbocycles. The molecule has 0 saturated carbocycles. The number of carbonyl (C=O) groups is 2. The topological polar surface area (TPSA) is 58.6 Å². The van der Waals surface area contributed by atoms with Crippen LogP contribution in [-0.2, 0) is 4.79 Å². The Balaban J connectivity index is 1.75. The van der Waals surface area contributed by atoms with E-state index in [1.54, 1.807) is 47.6 Å². The molecule has 2 heterocycles. The summed E-state index contributed by atoms with van der Waals surface area (Å²) in [5, 5.41) is 4.71. The van der Waals surface area contributed by atoms with E-state index in [4.69, 9.17) is 4.74 Å². The molecule has 1 aliphatic rings. The van der Waals surface area contributed by atoms with Gasteiger partial charge in [0, 0.05) is 23.7 Å². The van der Waals surface area contributed by atoms with Crippen molar-refractivity contribution in [3.8, 4) is 5.75 Å². The molecule has 1 aromatic heterocycles. The third-order valence-corrected chi connectivity index (χ3v) is 4.29. The number of nitrogens with zero attached hydrogens (tertiary/aromatic N) is 1. The fourth-order valence-corrected chi connectivity index (χ4v) is 2.85. The molecule has 2 amide bonds. The van der Waals surface area contributed by atoms with Gasteiger partial charge >= 0.3 is 0 Å². The van der Waals surface area contributed by atoms with E-state index in [0.717, 1.165) is 4.88 Å². The number of fused-ring (bicyclic) bond motifs is 1. The molecule has 6 heteroatoms. The quantitative estimate of drug-likeness (QED) is 0.882. The summed E-state index contributed by atoms with van der Waals surface area (Å²) >= 11 is 1.56. The molecular formula is C17H16N2O3S. The van der Waals surface area contributed by atoms with Gasteiger partial charge in [-0.1, -0.05) is 6.07 Å². The monoisotopic (exact) mass is 328 g/mol. The molecule has 0 bridgehead atoms. The van der Waals surface area contributed by atoms with Crippen LogP contribution in [-0.4, -0.2) is 36.9 Å². The van der Waals surface area contributed by atoms with Crippen molar-refractivity contribution in [3.63, 3.8) is 0 Å². The van der Waals surface area contributed by atoms with E-state index in [9.17, 15) is 9.59 Å². The lowest BCUT2D eigenvalue weighted by Crippen LogP contribution is -2.27. The first-order chi connectivity index (χ1) is 11.1. The van der Waals surface area contributed by atoms with Gasteiger partial charge in [-0.3, -0.25) is 9.59 Å². The molecular weight excluding hydrogens is 312 g/mol. The molecule has 1 aromatic carbocycles.